The van der Waals surface area contributed by atoms with Crippen LogP contribution in [0.3, 0.4) is 0 Å². The maximum absolute atomic E-state index is 4.69. The summed E-state index contributed by atoms with van der Waals surface area (Å²) in [4.78, 5) is 4.69. The number of rotatable bonds is 0. The first-order chi connectivity index (χ1) is 6.43. The SMILES string of the molecule is CC1=Nc2cc(C)c(C)cc2[Si]1(C)C. The zero-order chi connectivity index (χ0) is 10.5. The number of aryl methyl sites for hydroxylation is 2. The zero-order valence-corrected chi connectivity index (χ0v) is 10.6. The van der Waals surface area contributed by atoms with Crippen molar-refractivity contribution >= 4 is 24.3 Å². The highest BCUT2D eigenvalue weighted by molar-refractivity contribution is 7.15. The van der Waals surface area contributed by atoms with E-state index in [1.807, 2.05) is 0 Å². The maximum Gasteiger partial charge on any atom is 0.132 e. The van der Waals surface area contributed by atoms with Gasteiger partial charge in [0, 0.05) is 5.33 Å². The molecule has 0 aliphatic carbocycles. The highest BCUT2D eigenvalue weighted by atomic mass is 28.3. The van der Waals surface area contributed by atoms with Gasteiger partial charge in [0.2, 0.25) is 0 Å². The number of nitrogens with zero attached hydrogens (tertiary/aromatic N) is 1. The van der Waals surface area contributed by atoms with Crippen LogP contribution in [0.25, 0.3) is 0 Å². The van der Waals surface area contributed by atoms with Crippen molar-refractivity contribution in [1.82, 2.24) is 0 Å². The molecule has 1 aliphatic heterocycles. The summed E-state index contributed by atoms with van der Waals surface area (Å²) < 4.78 is 0. The molecule has 0 spiro atoms. The lowest BCUT2D eigenvalue weighted by atomic mass is 10.1. The predicted octanol–water partition coefficient (Wildman–Crippen LogP) is 2.86. The maximum atomic E-state index is 4.69. The summed E-state index contributed by atoms with van der Waals surface area (Å²) in [5.41, 5.74) is 3.98. The fraction of sp³-hybridized carbons (Fsp3) is 0.417. The summed E-state index contributed by atoms with van der Waals surface area (Å²) in [5, 5.41) is 2.87. The first-order valence-corrected chi connectivity index (χ1v) is 8.10. The summed E-state index contributed by atoms with van der Waals surface area (Å²) in [5.74, 6) is 0. The lowest BCUT2D eigenvalue weighted by molar-refractivity contribution is 1.34. The molecule has 0 saturated heterocycles. The Morgan fingerprint density at radius 2 is 1.57 bits per heavy atom. The average molecular weight is 203 g/mol. The molecule has 1 aromatic carbocycles. The van der Waals surface area contributed by atoms with E-state index in [-0.39, 0.29) is 0 Å². The second-order valence-electron chi connectivity index (χ2n) is 4.78. The number of hydrogen-bond donors (Lipinski definition) is 0. The molecule has 1 nitrogen and oxygen atoms in total. The Hall–Kier alpha value is -0.893. The molecule has 2 heteroatoms. The molecule has 0 amide bonds. The first-order valence-electron chi connectivity index (χ1n) is 5.10. The topological polar surface area (TPSA) is 12.4 Å². The molecule has 1 aliphatic rings. The van der Waals surface area contributed by atoms with E-state index in [9.17, 15) is 0 Å². The smallest absolute Gasteiger partial charge is 0.132 e. The van der Waals surface area contributed by atoms with Crippen molar-refractivity contribution in [3.05, 3.63) is 23.3 Å². The Morgan fingerprint density at radius 3 is 2.21 bits per heavy atom. The molecule has 0 atom stereocenters. The second-order valence-corrected chi connectivity index (χ2v) is 9.29. The van der Waals surface area contributed by atoms with Crippen LogP contribution in [0.2, 0.25) is 13.1 Å². The van der Waals surface area contributed by atoms with Gasteiger partial charge in [-0.25, -0.2) is 0 Å². The fourth-order valence-electron chi connectivity index (χ4n) is 1.91. The summed E-state index contributed by atoms with van der Waals surface area (Å²) in [6.45, 7) is 11.3. The van der Waals surface area contributed by atoms with Gasteiger partial charge in [0.05, 0.1) is 5.69 Å². The molecule has 2 rings (SSSR count). The van der Waals surface area contributed by atoms with E-state index >= 15 is 0 Å². The zero-order valence-electron chi connectivity index (χ0n) is 9.60. The van der Waals surface area contributed by atoms with Crippen molar-refractivity contribution in [1.29, 1.82) is 0 Å². The fourth-order valence-corrected chi connectivity index (χ4v) is 4.04. The summed E-state index contributed by atoms with van der Waals surface area (Å²) >= 11 is 0. The van der Waals surface area contributed by atoms with Gasteiger partial charge < -0.3 is 0 Å². The Balaban J connectivity index is 2.69. The summed E-state index contributed by atoms with van der Waals surface area (Å²) in [6, 6.07) is 4.58. The Labute approximate surface area is 86.9 Å². The predicted molar refractivity (Wildman–Crippen MR) is 65.8 cm³/mol. The third kappa shape index (κ3) is 1.17. The monoisotopic (exact) mass is 203 g/mol. The van der Waals surface area contributed by atoms with E-state index in [2.05, 4.69) is 51.0 Å². The van der Waals surface area contributed by atoms with Gasteiger partial charge in [0.1, 0.15) is 8.07 Å². The normalized spacial score (nSPS) is 17.9. The van der Waals surface area contributed by atoms with E-state index in [1.165, 1.54) is 27.3 Å². The van der Waals surface area contributed by atoms with Crippen LogP contribution in [0.1, 0.15) is 18.1 Å². The van der Waals surface area contributed by atoms with Gasteiger partial charge in [-0.3, -0.25) is 4.99 Å². The summed E-state index contributed by atoms with van der Waals surface area (Å²) in [6.07, 6.45) is 0. The van der Waals surface area contributed by atoms with Crippen LogP contribution in [0.15, 0.2) is 17.1 Å². The molecule has 0 unspecified atom stereocenters. The van der Waals surface area contributed by atoms with E-state index in [4.69, 9.17) is 0 Å². The third-order valence-corrected chi connectivity index (χ3v) is 7.15. The van der Waals surface area contributed by atoms with Crippen LogP contribution < -0.4 is 5.19 Å². The van der Waals surface area contributed by atoms with Crippen molar-refractivity contribution in [2.45, 2.75) is 33.9 Å². The van der Waals surface area contributed by atoms with Crippen molar-refractivity contribution in [3.63, 3.8) is 0 Å². The molecule has 1 aromatic rings. The lowest BCUT2D eigenvalue weighted by Gasteiger charge is -2.17. The molecular weight excluding hydrogens is 186 g/mol. The quantitative estimate of drug-likeness (QED) is 0.575. The number of hydrogen-bond acceptors (Lipinski definition) is 1. The van der Waals surface area contributed by atoms with E-state index in [0.717, 1.165) is 0 Å². The van der Waals surface area contributed by atoms with Crippen LogP contribution in [0.5, 0.6) is 0 Å². The minimum atomic E-state index is -1.37. The number of benzene rings is 1. The van der Waals surface area contributed by atoms with Gasteiger partial charge in [-0.05, 0) is 43.2 Å². The van der Waals surface area contributed by atoms with Gasteiger partial charge in [-0.15, -0.1) is 0 Å². The minimum absolute atomic E-state index is 1.22. The molecule has 0 bridgehead atoms. The van der Waals surface area contributed by atoms with Crippen molar-refractivity contribution in [2.24, 2.45) is 4.99 Å². The molecule has 1 heterocycles. The number of aliphatic imine (C=N–C) groups is 1. The Bertz CT molecular complexity index is 430. The number of fused-ring (bicyclic) bond motifs is 1. The Kier molecular flexibility index (Phi) is 1.93. The standard InChI is InChI=1S/C12H17NSi/c1-8-6-11-12(7-9(8)2)14(4,5)10(3)13-11/h6-7H,1-5H3. The minimum Gasteiger partial charge on any atom is -0.262 e. The van der Waals surface area contributed by atoms with Gasteiger partial charge in [0.15, 0.2) is 0 Å². The van der Waals surface area contributed by atoms with Gasteiger partial charge in [0.25, 0.3) is 0 Å². The van der Waals surface area contributed by atoms with Crippen LogP contribution in [0, 0.1) is 13.8 Å². The third-order valence-electron chi connectivity index (χ3n) is 3.48. The Morgan fingerprint density at radius 1 is 1.00 bits per heavy atom. The second kappa shape index (κ2) is 2.80. The van der Waals surface area contributed by atoms with Crippen molar-refractivity contribution in [2.75, 3.05) is 0 Å². The van der Waals surface area contributed by atoms with E-state index in [1.54, 1.807) is 0 Å². The van der Waals surface area contributed by atoms with Crippen molar-refractivity contribution in [3.8, 4) is 0 Å². The van der Waals surface area contributed by atoms with Crippen molar-refractivity contribution < 1.29 is 0 Å². The lowest BCUT2D eigenvalue weighted by Crippen LogP contribution is -2.45. The van der Waals surface area contributed by atoms with Crippen LogP contribution in [-0.2, 0) is 0 Å². The first kappa shape index (κ1) is 9.65. The molecular formula is C12H17NSi. The van der Waals surface area contributed by atoms with Gasteiger partial charge >= 0.3 is 0 Å². The molecule has 0 N–H and O–H groups in total. The van der Waals surface area contributed by atoms with Crippen LogP contribution >= 0.6 is 0 Å². The van der Waals surface area contributed by atoms with Gasteiger partial charge in [-0.1, -0.05) is 19.2 Å². The van der Waals surface area contributed by atoms with Crippen LogP contribution in [0.4, 0.5) is 5.69 Å². The summed E-state index contributed by atoms with van der Waals surface area (Å²) in [7, 11) is -1.37. The van der Waals surface area contributed by atoms with Gasteiger partial charge in [-0.2, -0.15) is 0 Å². The molecule has 0 radical (unpaired) electrons. The van der Waals surface area contributed by atoms with E-state index in [0.29, 0.717) is 0 Å². The van der Waals surface area contributed by atoms with E-state index < -0.39 is 8.07 Å². The molecule has 74 valence electrons. The molecule has 0 saturated carbocycles. The molecule has 0 fully saturated rings. The largest absolute Gasteiger partial charge is 0.262 e. The average Bonchev–Trinajstić information content (AvgIpc) is 2.28. The van der Waals surface area contributed by atoms with Crippen LogP contribution in [-0.4, -0.2) is 13.4 Å². The highest BCUT2D eigenvalue weighted by Gasteiger charge is 2.34. The molecule has 14 heavy (non-hydrogen) atoms. The highest BCUT2D eigenvalue weighted by Crippen LogP contribution is 2.26. The molecule has 0 aromatic heterocycles.